The molecular weight excluding hydrogens is 333 g/mol. The summed E-state index contributed by atoms with van der Waals surface area (Å²) in [5.74, 6) is 1.14. The number of benzene rings is 2. The fourth-order valence-corrected chi connectivity index (χ4v) is 3.56. The third-order valence-electron chi connectivity index (χ3n) is 4.93. The van der Waals surface area contributed by atoms with Gasteiger partial charge in [0.1, 0.15) is 5.82 Å². The number of amides is 1. The smallest absolute Gasteiger partial charge is 0.223 e. The molecule has 1 amide bonds. The molecule has 0 radical (unpaired) electrons. The number of carbonyl (C=O) groups is 1. The van der Waals surface area contributed by atoms with Crippen molar-refractivity contribution in [2.45, 2.75) is 31.7 Å². The SMILES string of the molecule is COc1ccc(C2CCCN2C(=O)CCc2ccccc2F)cc1OC. The minimum Gasteiger partial charge on any atom is -0.493 e. The van der Waals surface area contributed by atoms with Crippen LogP contribution in [0.2, 0.25) is 0 Å². The van der Waals surface area contributed by atoms with Crippen molar-refractivity contribution in [3.8, 4) is 11.5 Å². The molecule has 0 spiro atoms. The number of ether oxygens (including phenoxy) is 2. The molecule has 4 nitrogen and oxygen atoms in total. The van der Waals surface area contributed by atoms with Crippen molar-refractivity contribution in [2.24, 2.45) is 0 Å². The third-order valence-corrected chi connectivity index (χ3v) is 4.93. The quantitative estimate of drug-likeness (QED) is 0.780. The highest BCUT2D eigenvalue weighted by Crippen LogP contribution is 2.37. The van der Waals surface area contributed by atoms with Crippen molar-refractivity contribution in [1.29, 1.82) is 0 Å². The van der Waals surface area contributed by atoms with E-state index in [0.717, 1.165) is 24.9 Å². The minimum atomic E-state index is -0.252. The average Bonchev–Trinajstić information content (AvgIpc) is 3.16. The Kier molecular flexibility index (Phi) is 5.76. The van der Waals surface area contributed by atoms with E-state index >= 15 is 0 Å². The van der Waals surface area contributed by atoms with Crippen LogP contribution in [0.1, 0.15) is 36.4 Å². The summed E-state index contributed by atoms with van der Waals surface area (Å²) in [5, 5.41) is 0. The van der Waals surface area contributed by atoms with Crippen LogP contribution in [-0.4, -0.2) is 31.6 Å². The zero-order valence-electron chi connectivity index (χ0n) is 15.2. The predicted octanol–water partition coefficient (Wildman–Crippen LogP) is 4.14. The van der Waals surface area contributed by atoms with Gasteiger partial charge in [0.2, 0.25) is 5.91 Å². The molecule has 1 atom stereocenters. The molecule has 1 aliphatic heterocycles. The standard InChI is InChI=1S/C21H24FNO3/c1-25-19-11-9-16(14-20(19)26-2)18-8-5-13-23(18)21(24)12-10-15-6-3-4-7-17(15)22/h3-4,6-7,9,11,14,18H,5,8,10,12-13H2,1-2H3. The number of hydrogen-bond donors (Lipinski definition) is 0. The Bertz CT molecular complexity index is 778. The zero-order valence-corrected chi connectivity index (χ0v) is 15.2. The van der Waals surface area contributed by atoms with E-state index in [4.69, 9.17) is 9.47 Å². The van der Waals surface area contributed by atoms with Crippen molar-refractivity contribution >= 4 is 5.91 Å². The normalized spacial score (nSPS) is 16.6. The van der Waals surface area contributed by atoms with E-state index < -0.39 is 0 Å². The average molecular weight is 357 g/mol. The van der Waals surface area contributed by atoms with Crippen LogP contribution in [0.25, 0.3) is 0 Å². The van der Waals surface area contributed by atoms with Gasteiger partial charge in [-0.25, -0.2) is 4.39 Å². The molecule has 2 aromatic carbocycles. The van der Waals surface area contributed by atoms with E-state index in [-0.39, 0.29) is 17.8 Å². The summed E-state index contributed by atoms with van der Waals surface area (Å²) in [6.07, 6.45) is 2.61. The Morgan fingerprint density at radius 2 is 1.92 bits per heavy atom. The van der Waals surface area contributed by atoms with Gasteiger partial charge in [-0.05, 0) is 48.6 Å². The number of nitrogens with zero attached hydrogens (tertiary/aromatic N) is 1. The summed E-state index contributed by atoms with van der Waals surface area (Å²) in [7, 11) is 3.21. The summed E-state index contributed by atoms with van der Waals surface area (Å²) in [6, 6.07) is 12.4. The molecular formula is C21H24FNO3. The highest BCUT2D eigenvalue weighted by atomic mass is 19.1. The summed E-state index contributed by atoms with van der Waals surface area (Å²) in [5.41, 5.74) is 1.63. The largest absolute Gasteiger partial charge is 0.493 e. The van der Waals surface area contributed by atoms with E-state index in [2.05, 4.69) is 0 Å². The lowest BCUT2D eigenvalue weighted by Crippen LogP contribution is -2.30. The highest BCUT2D eigenvalue weighted by molar-refractivity contribution is 5.77. The summed E-state index contributed by atoms with van der Waals surface area (Å²) in [4.78, 5) is 14.6. The molecule has 0 aliphatic carbocycles. The van der Waals surface area contributed by atoms with E-state index in [0.29, 0.717) is 29.9 Å². The van der Waals surface area contributed by atoms with Gasteiger partial charge < -0.3 is 14.4 Å². The number of halogens is 1. The number of aryl methyl sites for hydroxylation is 1. The van der Waals surface area contributed by atoms with Gasteiger partial charge in [0.05, 0.1) is 20.3 Å². The number of likely N-dealkylation sites (tertiary alicyclic amines) is 1. The lowest BCUT2D eigenvalue weighted by atomic mass is 10.0. The first-order valence-electron chi connectivity index (χ1n) is 8.89. The van der Waals surface area contributed by atoms with Crippen LogP contribution in [0.5, 0.6) is 11.5 Å². The highest BCUT2D eigenvalue weighted by Gasteiger charge is 2.30. The number of methoxy groups -OCH3 is 2. The summed E-state index contributed by atoms with van der Waals surface area (Å²) < 4.78 is 24.4. The Morgan fingerprint density at radius 3 is 2.65 bits per heavy atom. The Hall–Kier alpha value is -2.56. The molecule has 0 bridgehead atoms. The number of hydrogen-bond acceptors (Lipinski definition) is 3. The molecule has 2 aromatic rings. The second-order valence-electron chi connectivity index (χ2n) is 6.45. The van der Waals surface area contributed by atoms with Crippen molar-refractivity contribution in [2.75, 3.05) is 20.8 Å². The van der Waals surface area contributed by atoms with Crippen LogP contribution in [0.15, 0.2) is 42.5 Å². The maximum Gasteiger partial charge on any atom is 0.223 e. The van der Waals surface area contributed by atoms with Crippen LogP contribution in [-0.2, 0) is 11.2 Å². The summed E-state index contributed by atoms with van der Waals surface area (Å²) >= 11 is 0. The first kappa shape index (κ1) is 18.2. The molecule has 0 aromatic heterocycles. The van der Waals surface area contributed by atoms with E-state index in [1.54, 1.807) is 32.4 Å². The molecule has 1 aliphatic rings. The van der Waals surface area contributed by atoms with Gasteiger partial charge in [0, 0.05) is 13.0 Å². The molecule has 1 saturated heterocycles. The van der Waals surface area contributed by atoms with Crippen molar-refractivity contribution in [3.05, 3.63) is 59.4 Å². The molecule has 26 heavy (non-hydrogen) atoms. The molecule has 5 heteroatoms. The minimum absolute atomic E-state index is 0.0305. The third kappa shape index (κ3) is 3.82. The summed E-state index contributed by atoms with van der Waals surface area (Å²) in [6.45, 7) is 0.731. The van der Waals surface area contributed by atoms with Gasteiger partial charge in [0.15, 0.2) is 11.5 Å². The molecule has 1 unspecified atom stereocenters. The van der Waals surface area contributed by atoms with Crippen LogP contribution >= 0.6 is 0 Å². The zero-order chi connectivity index (χ0) is 18.5. The fraction of sp³-hybridized carbons (Fsp3) is 0.381. The molecule has 138 valence electrons. The van der Waals surface area contributed by atoms with Gasteiger partial charge >= 0.3 is 0 Å². The maximum atomic E-state index is 13.8. The van der Waals surface area contributed by atoms with Crippen LogP contribution in [0, 0.1) is 5.82 Å². The molecule has 3 rings (SSSR count). The Labute approximate surface area is 153 Å². The molecule has 1 heterocycles. The monoisotopic (exact) mass is 357 g/mol. The van der Waals surface area contributed by atoms with E-state index in [9.17, 15) is 9.18 Å². The van der Waals surface area contributed by atoms with Crippen LogP contribution < -0.4 is 9.47 Å². The molecule has 0 saturated carbocycles. The predicted molar refractivity (Wildman–Crippen MR) is 98.0 cm³/mol. The van der Waals surface area contributed by atoms with Crippen LogP contribution in [0.4, 0.5) is 4.39 Å². The lowest BCUT2D eigenvalue weighted by molar-refractivity contribution is -0.132. The topological polar surface area (TPSA) is 38.8 Å². The van der Waals surface area contributed by atoms with Crippen molar-refractivity contribution in [1.82, 2.24) is 4.90 Å². The molecule has 1 fully saturated rings. The van der Waals surface area contributed by atoms with Gasteiger partial charge in [-0.3, -0.25) is 4.79 Å². The van der Waals surface area contributed by atoms with Crippen LogP contribution in [0.3, 0.4) is 0 Å². The fourth-order valence-electron chi connectivity index (χ4n) is 3.56. The second-order valence-corrected chi connectivity index (χ2v) is 6.45. The maximum absolute atomic E-state index is 13.8. The number of carbonyl (C=O) groups excluding carboxylic acids is 1. The van der Waals surface area contributed by atoms with Gasteiger partial charge in [-0.1, -0.05) is 24.3 Å². The first-order chi connectivity index (χ1) is 12.6. The Balaban J connectivity index is 1.71. The van der Waals surface area contributed by atoms with Gasteiger partial charge in [0.25, 0.3) is 0 Å². The lowest BCUT2D eigenvalue weighted by Gasteiger charge is -2.26. The van der Waals surface area contributed by atoms with Gasteiger partial charge in [-0.2, -0.15) is 0 Å². The first-order valence-corrected chi connectivity index (χ1v) is 8.89. The second kappa shape index (κ2) is 8.21. The van der Waals surface area contributed by atoms with Crippen molar-refractivity contribution < 1.29 is 18.7 Å². The molecule has 0 N–H and O–H groups in total. The Morgan fingerprint density at radius 1 is 1.15 bits per heavy atom. The number of rotatable bonds is 6. The van der Waals surface area contributed by atoms with E-state index in [1.165, 1.54) is 6.07 Å². The van der Waals surface area contributed by atoms with Crippen molar-refractivity contribution in [3.63, 3.8) is 0 Å². The van der Waals surface area contributed by atoms with E-state index in [1.807, 2.05) is 23.1 Å². The van der Waals surface area contributed by atoms with Gasteiger partial charge in [-0.15, -0.1) is 0 Å².